The zero-order valence-corrected chi connectivity index (χ0v) is 10.3. The molecule has 16 heavy (non-hydrogen) atoms. The number of rotatable bonds is 5. The van der Waals surface area contributed by atoms with Crippen LogP contribution in [0.25, 0.3) is 0 Å². The molecule has 0 fully saturated rings. The molecule has 1 nitrogen and oxygen atoms in total. The molecule has 1 aromatic carbocycles. The van der Waals surface area contributed by atoms with Crippen molar-refractivity contribution in [1.82, 2.24) is 0 Å². The normalized spacial score (nSPS) is 16.8. The largest absolute Gasteiger partial charge is 0.385 e. The SMILES string of the molecule is CCC(C)CC(O)(CC)c1cccc(F)c1. The highest BCUT2D eigenvalue weighted by molar-refractivity contribution is 5.23. The monoisotopic (exact) mass is 224 g/mol. The van der Waals surface area contributed by atoms with Gasteiger partial charge in [0.05, 0.1) is 5.60 Å². The first-order chi connectivity index (χ1) is 7.51. The second-order valence-corrected chi connectivity index (χ2v) is 4.61. The fourth-order valence-electron chi connectivity index (χ4n) is 1.97. The number of hydrogen-bond acceptors (Lipinski definition) is 1. The van der Waals surface area contributed by atoms with Crippen molar-refractivity contribution in [2.45, 2.75) is 45.6 Å². The van der Waals surface area contributed by atoms with Crippen LogP contribution in [0.5, 0.6) is 0 Å². The Morgan fingerprint density at radius 2 is 2.06 bits per heavy atom. The maximum atomic E-state index is 13.1. The molecule has 0 aliphatic carbocycles. The number of benzene rings is 1. The first-order valence-corrected chi connectivity index (χ1v) is 6.00. The lowest BCUT2D eigenvalue weighted by Gasteiger charge is -2.30. The summed E-state index contributed by atoms with van der Waals surface area (Å²) >= 11 is 0. The van der Waals surface area contributed by atoms with E-state index in [-0.39, 0.29) is 5.82 Å². The van der Waals surface area contributed by atoms with Crippen LogP contribution in [0.15, 0.2) is 24.3 Å². The minimum atomic E-state index is -0.891. The number of halogens is 1. The molecule has 0 aromatic heterocycles. The van der Waals surface area contributed by atoms with Gasteiger partial charge in [0, 0.05) is 0 Å². The minimum Gasteiger partial charge on any atom is -0.385 e. The standard InChI is InChI=1S/C14H21FO/c1-4-11(3)10-14(16,5-2)12-7-6-8-13(15)9-12/h6-9,11,16H,4-5,10H2,1-3H3. The Bertz CT molecular complexity index is 337. The van der Waals surface area contributed by atoms with Gasteiger partial charge in [0.2, 0.25) is 0 Å². The van der Waals surface area contributed by atoms with Crippen LogP contribution in [0.4, 0.5) is 4.39 Å². The van der Waals surface area contributed by atoms with E-state index in [0.29, 0.717) is 24.3 Å². The summed E-state index contributed by atoms with van der Waals surface area (Å²) in [6.45, 7) is 6.15. The van der Waals surface area contributed by atoms with E-state index in [1.165, 1.54) is 12.1 Å². The summed E-state index contributed by atoms with van der Waals surface area (Å²) in [4.78, 5) is 0. The summed E-state index contributed by atoms with van der Waals surface area (Å²) in [6.07, 6.45) is 2.32. The Labute approximate surface area is 97.3 Å². The second-order valence-electron chi connectivity index (χ2n) is 4.61. The maximum Gasteiger partial charge on any atom is 0.123 e. The van der Waals surface area contributed by atoms with Gasteiger partial charge in [-0.3, -0.25) is 0 Å². The van der Waals surface area contributed by atoms with Crippen LogP contribution in [0, 0.1) is 11.7 Å². The van der Waals surface area contributed by atoms with Crippen molar-refractivity contribution >= 4 is 0 Å². The van der Waals surface area contributed by atoms with E-state index in [1.54, 1.807) is 12.1 Å². The summed E-state index contributed by atoms with van der Waals surface area (Å²) in [5.74, 6) is 0.154. The van der Waals surface area contributed by atoms with Gasteiger partial charge in [-0.2, -0.15) is 0 Å². The van der Waals surface area contributed by atoms with Crippen molar-refractivity contribution in [2.24, 2.45) is 5.92 Å². The first kappa shape index (κ1) is 13.2. The summed E-state index contributed by atoms with van der Waals surface area (Å²) in [6, 6.07) is 6.30. The van der Waals surface area contributed by atoms with Crippen LogP contribution in [-0.4, -0.2) is 5.11 Å². The Morgan fingerprint density at radius 1 is 1.38 bits per heavy atom. The predicted octanol–water partition coefficient (Wildman–Crippen LogP) is 3.86. The highest BCUT2D eigenvalue weighted by Gasteiger charge is 2.28. The average molecular weight is 224 g/mol. The van der Waals surface area contributed by atoms with Gasteiger partial charge >= 0.3 is 0 Å². The van der Waals surface area contributed by atoms with Gasteiger partial charge in [-0.05, 0) is 36.5 Å². The molecule has 1 rings (SSSR count). The van der Waals surface area contributed by atoms with Gasteiger partial charge in [0.25, 0.3) is 0 Å². The molecule has 0 radical (unpaired) electrons. The zero-order valence-electron chi connectivity index (χ0n) is 10.3. The summed E-state index contributed by atoms with van der Waals surface area (Å²) < 4.78 is 13.1. The third-order valence-electron chi connectivity index (χ3n) is 3.33. The van der Waals surface area contributed by atoms with E-state index in [4.69, 9.17) is 0 Å². The molecule has 2 atom stereocenters. The molecule has 0 aliphatic rings. The predicted molar refractivity (Wildman–Crippen MR) is 64.7 cm³/mol. The quantitative estimate of drug-likeness (QED) is 0.805. The molecule has 1 N–H and O–H groups in total. The van der Waals surface area contributed by atoms with Crippen molar-refractivity contribution in [3.8, 4) is 0 Å². The van der Waals surface area contributed by atoms with Crippen LogP contribution in [-0.2, 0) is 5.60 Å². The van der Waals surface area contributed by atoms with Gasteiger partial charge in [0.15, 0.2) is 0 Å². The lowest BCUT2D eigenvalue weighted by Crippen LogP contribution is -2.27. The lowest BCUT2D eigenvalue weighted by molar-refractivity contribution is 0.00841. The topological polar surface area (TPSA) is 20.2 Å². The third kappa shape index (κ3) is 3.05. The highest BCUT2D eigenvalue weighted by Crippen LogP contribution is 2.33. The molecule has 0 saturated heterocycles. The lowest BCUT2D eigenvalue weighted by atomic mass is 9.82. The molecule has 0 saturated carbocycles. The molecule has 2 heteroatoms. The van der Waals surface area contributed by atoms with Crippen molar-refractivity contribution in [1.29, 1.82) is 0 Å². The van der Waals surface area contributed by atoms with E-state index in [1.807, 2.05) is 6.92 Å². The molecule has 1 aromatic rings. The van der Waals surface area contributed by atoms with Crippen LogP contribution in [0.1, 0.15) is 45.6 Å². The van der Waals surface area contributed by atoms with E-state index in [0.717, 1.165) is 6.42 Å². The average Bonchev–Trinajstić information content (AvgIpc) is 2.28. The molecular formula is C14H21FO. The van der Waals surface area contributed by atoms with Gasteiger partial charge < -0.3 is 5.11 Å². The van der Waals surface area contributed by atoms with Crippen molar-refractivity contribution < 1.29 is 9.50 Å². The Morgan fingerprint density at radius 3 is 2.56 bits per heavy atom. The van der Waals surface area contributed by atoms with Crippen LogP contribution in [0.3, 0.4) is 0 Å². The Kier molecular flexibility index (Phi) is 4.48. The molecule has 90 valence electrons. The summed E-state index contributed by atoms with van der Waals surface area (Å²) in [7, 11) is 0. The van der Waals surface area contributed by atoms with E-state index >= 15 is 0 Å². The van der Waals surface area contributed by atoms with Crippen molar-refractivity contribution in [3.05, 3.63) is 35.6 Å². The van der Waals surface area contributed by atoms with Crippen LogP contribution in [0.2, 0.25) is 0 Å². The third-order valence-corrected chi connectivity index (χ3v) is 3.33. The molecule has 0 heterocycles. The smallest absolute Gasteiger partial charge is 0.123 e. The molecule has 0 aliphatic heterocycles. The van der Waals surface area contributed by atoms with Gasteiger partial charge in [-0.15, -0.1) is 0 Å². The van der Waals surface area contributed by atoms with Crippen molar-refractivity contribution in [3.63, 3.8) is 0 Å². The number of aliphatic hydroxyl groups is 1. The fraction of sp³-hybridized carbons (Fsp3) is 0.571. The molecule has 0 bridgehead atoms. The highest BCUT2D eigenvalue weighted by atomic mass is 19.1. The maximum absolute atomic E-state index is 13.1. The Balaban J connectivity index is 2.95. The van der Waals surface area contributed by atoms with Crippen LogP contribution < -0.4 is 0 Å². The second kappa shape index (κ2) is 5.44. The van der Waals surface area contributed by atoms with Gasteiger partial charge in [0.1, 0.15) is 5.82 Å². The van der Waals surface area contributed by atoms with Crippen LogP contribution >= 0.6 is 0 Å². The molecule has 0 amide bonds. The summed E-state index contributed by atoms with van der Waals surface area (Å²) in [5.41, 5.74) is -0.201. The molecule has 0 spiro atoms. The first-order valence-electron chi connectivity index (χ1n) is 6.00. The molecular weight excluding hydrogens is 203 g/mol. The fourth-order valence-corrected chi connectivity index (χ4v) is 1.97. The number of hydrogen-bond donors (Lipinski definition) is 1. The van der Waals surface area contributed by atoms with Crippen molar-refractivity contribution in [2.75, 3.05) is 0 Å². The van der Waals surface area contributed by atoms with Gasteiger partial charge in [-0.1, -0.05) is 39.3 Å². The van der Waals surface area contributed by atoms with E-state index in [2.05, 4.69) is 13.8 Å². The zero-order chi connectivity index (χ0) is 12.2. The van der Waals surface area contributed by atoms with E-state index < -0.39 is 5.60 Å². The summed E-state index contributed by atoms with van der Waals surface area (Å²) in [5, 5.41) is 10.6. The molecule has 2 unspecified atom stereocenters. The minimum absolute atomic E-state index is 0.284. The van der Waals surface area contributed by atoms with Gasteiger partial charge in [-0.25, -0.2) is 4.39 Å². The Hall–Kier alpha value is -0.890. The van der Waals surface area contributed by atoms with E-state index in [9.17, 15) is 9.50 Å².